The summed E-state index contributed by atoms with van der Waals surface area (Å²) in [5.74, 6) is 0.495. The van der Waals surface area contributed by atoms with Gasteiger partial charge in [0.2, 0.25) is 0 Å². The number of carbonyl (C=O) groups is 2. The van der Waals surface area contributed by atoms with Crippen LogP contribution in [0.5, 0.6) is 5.75 Å². The fourth-order valence-corrected chi connectivity index (χ4v) is 5.86. The maximum atomic E-state index is 12.7. The van der Waals surface area contributed by atoms with Crippen LogP contribution in [0.25, 0.3) is 22.5 Å². The van der Waals surface area contributed by atoms with Crippen molar-refractivity contribution in [3.05, 3.63) is 88.4 Å². The normalized spacial score (nSPS) is 11.8. The van der Waals surface area contributed by atoms with E-state index in [1.165, 1.54) is 37.0 Å². The van der Waals surface area contributed by atoms with Gasteiger partial charge in [0, 0.05) is 34.8 Å². The van der Waals surface area contributed by atoms with E-state index >= 15 is 0 Å². The molecule has 0 saturated heterocycles. The number of amides is 1. The number of nitrogens with one attached hydrogen (secondary N) is 1. The van der Waals surface area contributed by atoms with Crippen LogP contribution in [0.15, 0.2) is 73.1 Å². The van der Waals surface area contributed by atoms with Gasteiger partial charge in [0.1, 0.15) is 11.8 Å². The van der Waals surface area contributed by atoms with Crippen molar-refractivity contribution in [2.24, 2.45) is 5.92 Å². The van der Waals surface area contributed by atoms with E-state index < -0.39 is 12.0 Å². The molecule has 4 aromatic rings. The highest BCUT2D eigenvalue weighted by molar-refractivity contribution is 7.14. The maximum Gasteiger partial charge on any atom is 0.326 e. The van der Waals surface area contributed by atoms with Crippen molar-refractivity contribution in [1.29, 1.82) is 0 Å². The number of benzene rings is 2. The standard InChI is InChI=1S/C35H41N3O4S/c1-4-5-6-7-8-19-42-29-15-13-26(14-16-29)28-22-36-33(37-23-28)27-11-9-25(10-12-27)21-31(35(40)41)38-34(39)32-18-17-30(43-32)20-24(2)3/h9-18,22-24,31H,4-8,19-21H2,1-3H3,(H,38,39)(H,40,41)/t31-/m0/s1. The van der Waals surface area contributed by atoms with E-state index in [1.807, 2.05) is 54.6 Å². The Labute approximate surface area is 258 Å². The van der Waals surface area contributed by atoms with E-state index in [2.05, 4.69) is 36.1 Å². The van der Waals surface area contributed by atoms with Crippen LogP contribution in [0, 0.1) is 5.92 Å². The number of ether oxygens (including phenoxy) is 1. The quantitative estimate of drug-likeness (QED) is 0.127. The summed E-state index contributed by atoms with van der Waals surface area (Å²) >= 11 is 1.41. The first-order valence-corrected chi connectivity index (χ1v) is 15.9. The molecule has 1 atom stereocenters. The minimum absolute atomic E-state index is 0.171. The molecular formula is C35H41N3O4S. The largest absolute Gasteiger partial charge is 0.494 e. The van der Waals surface area contributed by atoms with Crippen molar-refractivity contribution >= 4 is 23.2 Å². The molecule has 0 saturated carbocycles. The van der Waals surface area contributed by atoms with Crippen molar-refractivity contribution in [1.82, 2.24) is 15.3 Å². The van der Waals surface area contributed by atoms with Gasteiger partial charge in [-0.05, 0) is 54.2 Å². The zero-order valence-electron chi connectivity index (χ0n) is 25.2. The van der Waals surface area contributed by atoms with Gasteiger partial charge in [-0.15, -0.1) is 11.3 Å². The van der Waals surface area contributed by atoms with Crippen molar-refractivity contribution in [2.45, 2.75) is 71.8 Å². The van der Waals surface area contributed by atoms with Gasteiger partial charge in [0.15, 0.2) is 5.82 Å². The zero-order valence-corrected chi connectivity index (χ0v) is 26.0. The predicted octanol–water partition coefficient (Wildman–Crippen LogP) is 7.85. The first-order valence-electron chi connectivity index (χ1n) is 15.1. The lowest BCUT2D eigenvalue weighted by atomic mass is 10.0. The maximum absolute atomic E-state index is 12.7. The highest BCUT2D eigenvalue weighted by Crippen LogP contribution is 2.24. The summed E-state index contributed by atoms with van der Waals surface area (Å²) in [5.41, 5.74) is 3.54. The number of rotatable bonds is 16. The molecule has 0 aliphatic heterocycles. The summed E-state index contributed by atoms with van der Waals surface area (Å²) in [6.07, 6.45) is 10.7. The Bertz CT molecular complexity index is 1450. The average molecular weight is 600 g/mol. The second kappa shape index (κ2) is 16.0. The summed E-state index contributed by atoms with van der Waals surface area (Å²) < 4.78 is 5.87. The summed E-state index contributed by atoms with van der Waals surface area (Å²) in [6.45, 7) is 7.20. The SMILES string of the molecule is CCCCCCCOc1ccc(-c2cnc(-c3ccc(C[C@H](NC(=O)c4ccc(CC(C)C)s4)C(=O)O)cc3)nc2)cc1. The summed E-state index contributed by atoms with van der Waals surface area (Å²) in [5, 5.41) is 12.4. The zero-order chi connectivity index (χ0) is 30.6. The molecule has 8 heteroatoms. The monoisotopic (exact) mass is 599 g/mol. The molecule has 2 aromatic carbocycles. The Hall–Kier alpha value is -4.04. The van der Waals surface area contributed by atoms with Gasteiger partial charge in [-0.3, -0.25) is 4.79 Å². The summed E-state index contributed by atoms with van der Waals surface area (Å²) in [4.78, 5) is 35.4. The number of nitrogens with zero attached hydrogens (tertiary/aromatic N) is 2. The minimum Gasteiger partial charge on any atom is -0.494 e. The smallest absolute Gasteiger partial charge is 0.326 e. The molecule has 43 heavy (non-hydrogen) atoms. The number of hydrogen-bond acceptors (Lipinski definition) is 6. The van der Waals surface area contributed by atoms with Crippen molar-refractivity contribution in [3.8, 4) is 28.3 Å². The van der Waals surface area contributed by atoms with Crippen LogP contribution in [-0.4, -0.2) is 39.6 Å². The van der Waals surface area contributed by atoms with Gasteiger partial charge >= 0.3 is 5.97 Å². The number of carbonyl (C=O) groups excluding carboxylic acids is 1. The van der Waals surface area contributed by atoms with Gasteiger partial charge in [-0.25, -0.2) is 14.8 Å². The first-order chi connectivity index (χ1) is 20.8. The topological polar surface area (TPSA) is 101 Å². The number of unbranched alkanes of at least 4 members (excludes halogenated alkanes) is 4. The summed E-state index contributed by atoms with van der Waals surface area (Å²) in [7, 11) is 0. The van der Waals surface area contributed by atoms with Crippen LogP contribution in [-0.2, 0) is 17.6 Å². The van der Waals surface area contributed by atoms with Gasteiger partial charge < -0.3 is 15.2 Å². The minimum atomic E-state index is -1.07. The molecule has 0 aliphatic carbocycles. The number of carboxylic acids is 1. The second-order valence-corrected chi connectivity index (χ2v) is 12.4. The van der Waals surface area contributed by atoms with E-state index in [0.717, 1.165) is 52.3 Å². The lowest BCUT2D eigenvalue weighted by molar-refractivity contribution is -0.139. The third kappa shape index (κ3) is 9.75. The molecular weight excluding hydrogens is 558 g/mol. The third-order valence-corrected chi connectivity index (χ3v) is 8.21. The fourth-order valence-electron chi connectivity index (χ4n) is 4.73. The Morgan fingerprint density at radius 3 is 2.16 bits per heavy atom. The van der Waals surface area contributed by atoms with E-state index in [1.54, 1.807) is 18.5 Å². The molecule has 0 fully saturated rings. The highest BCUT2D eigenvalue weighted by atomic mass is 32.1. The molecule has 7 nitrogen and oxygen atoms in total. The number of aliphatic carboxylic acids is 1. The number of aromatic nitrogens is 2. The number of carboxylic acid groups (broad SMARTS) is 1. The highest BCUT2D eigenvalue weighted by Gasteiger charge is 2.22. The van der Waals surface area contributed by atoms with Crippen molar-refractivity contribution in [3.63, 3.8) is 0 Å². The molecule has 0 unspecified atom stereocenters. The number of thiophene rings is 1. The Balaban J connectivity index is 1.31. The van der Waals surface area contributed by atoms with Gasteiger partial charge in [0.05, 0.1) is 11.5 Å². The second-order valence-electron chi connectivity index (χ2n) is 11.2. The van der Waals surface area contributed by atoms with Crippen LogP contribution < -0.4 is 10.1 Å². The molecule has 1 amide bonds. The van der Waals surface area contributed by atoms with E-state index in [0.29, 0.717) is 16.6 Å². The van der Waals surface area contributed by atoms with E-state index in [-0.39, 0.29) is 12.3 Å². The van der Waals surface area contributed by atoms with Crippen LogP contribution in [0.3, 0.4) is 0 Å². The molecule has 0 spiro atoms. The van der Waals surface area contributed by atoms with Crippen LogP contribution in [0.4, 0.5) is 0 Å². The molecule has 0 radical (unpaired) electrons. The van der Waals surface area contributed by atoms with Crippen LogP contribution in [0.1, 0.15) is 73.0 Å². The number of hydrogen-bond donors (Lipinski definition) is 2. The molecule has 2 N–H and O–H groups in total. The molecule has 2 aromatic heterocycles. The first kappa shape index (κ1) is 31.9. The van der Waals surface area contributed by atoms with Gasteiger partial charge in [-0.1, -0.05) is 82.9 Å². The van der Waals surface area contributed by atoms with Crippen molar-refractivity contribution in [2.75, 3.05) is 6.61 Å². The molecule has 226 valence electrons. The average Bonchev–Trinajstić information content (AvgIpc) is 3.47. The van der Waals surface area contributed by atoms with E-state index in [4.69, 9.17) is 4.74 Å². The Morgan fingerprint density at radius 1 is 0.837 bits per heavy atom. The van der Waals surface area contributed by atoms with Crippen LogP contribution >= 0.6 is 11.3 Å². The lowest BCUT2D eigenvalue weighted by Gasteiger charge is -2.14. The summed E-state index contributed by atoms with van der Waals surface area (Å²) in [6, 6.07) is 18.1. The van der Waals surface area contributed by atoms with E-state index in [9.17, 15) is 14.7 Å². The van der Waals surface area contributed by atoms with Crippen molar-refractivity contribution < 1.29 is 19.4 Å². The Kier molecular flexibility index (Phi) is 11.9. The van der Waals surface area contributed by atoms with Crippen LogP contribution in [0.2, 0.25) is 0 Å². The fraction of sp³-hybridized carbons (Fsp3) is 0.371. The Morgan fingerprint density at radius 2 is 1.51 bits per heavy atom. The van der Waals surface area contributed by atoms with Gasteiger partial charge in [-0.2, -0.15) is 0 Å². The molecule has 4 rings (SSSR count). The molecule has 0 aliphatic rings. The van der Waals surface area contributed by atoms with Gasteiger partial charge in [0.25, 0.3) is 5.91 Å². The molecule has 0 bridgehead atoms. The predicted molar refractivity (Wildman–Crippen MR) is 173 cm³/mol. The molecule has 2 heterocycles. The lowest BCUT2D eigenvalue weighted by Crippen LogP contribution is -2.42. The third-order valence-electron chi connectivity index (χ3n) is 7.11.